The molecule has 0 radical (unpaired) electrons. The molecular weight excluding hydrogens is 228 g/mol. The van der Waals surface area contributed by atoms with Gasteiger partial charge in [0, 0.05) is 17.9 Å². The maximum absolute atomic E-state index is 11.5. The second-order valence-electron chi connectivity index (χ2n) is 6.47. The molecule has 0 aromatic heterocycles. The van der Waals surface area contributed by atoms with E-state index in [1.165, 1.54) is 0 Å². The van der Waals surface area contributed by atoms with Crippen LogP contribution in [-0.2, 0) is 14.3 Å². The third-order valence-corrected chi connectivity index (χ3v) is 5.44. The number of hydrogen-bond donors (Lipinski definition) is 0. The zero-order valence-corrected chi connectivity index (χ0v) is 11.1. The number of esters is 1. The molecule has 2 saturated carbocycles. The molecule has 3 aliphatic rings. The van der Waals surface area contributed by atoms with Crippen LogP contribution in [0.3, 0.4) is 0 Å². The van der Waals surface area contributed by atoms with Crippen molar-refractivity contribution >= 4 is 11.8 Å². The lowest BCUT2D eigenvalue weighted by Gasteiger charge is -2.27. The summed E-state index contributed by atoms with van der Waals surface area (Å²) in [6.45, 7) is 7.81. The number of carbonyl (C=O) groups excluding carboxylic acids is 2. The molecule has 0 aromatic rings. The molecule has 0 N–H and O–H groups in total. The Morgan fingerprint density at radius 3 is 2.94 bits per heavy atom. The fourth-order valence-corrected chi connectivity index (χ4v) is 4.25. The van der Waals surface area contributed by atoms with Crippen LogP contribution in [0.15, 0.2) is 12.2 Å². The van der Waals surface area contributed by atoms with Crippen LogP contribution in [0.1, 0.15) is 39.5 Å². The first-order valence-corrected chi connectivity index (χ1v) is 6.82. The summed E-state index contributed by atoms with van der Waals surface area (Å²) in [5, 5.41) is 0. The quantitative estimate of drug-likeness (QED) is 0.569. The molecule has 2 aliphatic carbocycles. The van der Waals surface area contributed by atoms with Crippen molar-refractivity contribution < 1.29 is 14.3 Å². The van der Waals surface area contributed by atoms with Crippen LogP contribution >= 0.6 is 0 Å². The van der Waals surface area contributed by atoms with E-state index in [0.717, 1.165) is 19.3 Å². The van der Waals surface area contributed by atoms with E-state index in [2.05, 4.69) is 13.5 Å². The average Bonchev–Trinajstić information content (AvgIpc) is 2.77. The molecule has 1 saturated heterocycles. The molecule has 1 aliphatic heterocycles. The molecule has 3 fully saturated rings. The Morgan fingerprint density at radius 2 is 2.28 bits per heavy atom. The van der Waals surface area contributed by atoms with Crippen LogP contribution in [0, 0.1) is 23.2 Å². The number of carbonyl (C=O) groups is 2. The van der Waals surface area contributed by atoms with E-state index in [0.29, 0.717) is 29.2 Å². The van der Waals surface area contributed by atoms with E-state index in [1.54, 1.807) is 6.92 Å². The Balaban J connectivity index is 1.69. The first-order chi connectivity index (χ1) is 8.43. The highest BCUT2D eigenvalue weighted by molar-refractivity contribution is 5.90. The number of fused-ring (bicyclic) bond motifs is 2. The van der Waals surface area contributed by atoms with Crippen molar-refractivity contribution in [1.82, 2.24) is 0 Å². The molecule has 3 rings (SSSR count). The summed E-state index contributed by atoms with van der Waals surface area (Å²) in [7, 11) is 0. The summed E-state index contributed by atoms with van der Waals surface area (Å²) >= 11 is 0. The summed E-state index contributed by atoms with van der Waals surface area (Å²) in [6, 6.07) is 0. The smallest absolute Gasteiger partial charge is 0.334 e. The normalized spacial score (nSPS) is 45.2. The fraction of sp³-hybridized carbons (Fsp3) is 0.733. The van der Waals surface area contributed by atoms with Gasteiger partial charge < -0.3 is 9.53 Å². The van der Waals surface area contributed by atoms with Crippen LogP contribution < -0.4 is 0 Å². The van der Waals surface area contributed by atoms with Gasteiger partial charge in [-0.3, -0.25) is 0 Å². The molecule has 0 spiro atoms. The number of hydrogen-bond acceptors (Lipinski definition) is 3. The van der Waals surface area contributed by atoms with Gasteiger partial charge in [0.15, 0.2) is 0 Å². The van der Waals surface area contributed by atoms with Crippen LogP contribution in [0.5, 0.6) is 0 Å². The molecule has 1 unspecified atom stereocenters. The zero-order chi connectivity index (χ0) is 13.1. The number of rotatable bonds is 3. The fourth-order valence-electron chi connectivity index (χ4n) is 4.25. The molecule has 98 valence electrons. The van der Waals surface area contributed by atoms with Crippen molar-refractivity contribution in [3.63, 3.8) is 0 Å². The van der Waals surface area contributed by atoms with Crippen molar-refractivity contribution in [2.75, 3.05) is 0 Å². The van der Waals surface area contributed by atoms with Crippen molar-refractivity contribution in [2.45, 2.75) is 45.6 Å². The van der Waals surface area contributed by atoms with E-state index >= 15 is 0 Å². The third-order valence-electron chi connectivity index (χ3n) is 5.44. The molecule has 0 aromatic carbocycles. The number of ether oxygens (including phenoxy) is 1. The molecule has 18 heavy (non-hydrogen) atoms. The molecule has 0 bridgehead atoms. The molecule has 5 atom stereocenters. The third kappa shape index (κ3) is 1.56. The Labute approximate surface area is 108 Å². The molecule has 1 heterocycles. The minimum Gasteiger partial charge on any atom is -0.458 e. The molecule has 3 nitrogen and oxygen atoms in total. The van der Waals surface area contributed by atoms with Crippen molar-refractivity contribution in [2.24, 2.45) is 23.2 Å². The summed E-state index contributed by atoms with van der Waals surface area (Å²) in [6.07, 6.45) is 3.71. The van der Waals surface area contributed by atoms with Crippen LogP contribution in [-0.4, -0.2) is 17.9 Å². The Kier molecular flexibility index (Phi) is 2.45. The van der Waals surface area contributed by atoms with E-state index in [9.17, 15) is 9.59 Å². The lowest BCUT2D eigenvalue weighted by molar-refractivity contribution is -0.140. The highest BCUT2D eigenvalue weighted by Gasteiger charge is 2.66. The summed E-state index contributed by atoms with van der Waals surface area (Å²) in [4.78, 5) is 22.6. The van der Waals surface area contributed by atoms with E-state index in [-0.39, 0.29) is 23.8 Å². The van der Waals surface area contributed by atoms with Crippen LogP contribution in [0.4, 0.5) is 0 Å². The molecule has 3 heteroatoms. The second kappa shape index (κ2) is 3.69. The number of Topliss-reactive ketones (excluding diaryl/α,β-unsaturated/α-hetero) is 1. The summed E-state index contributed by atoms with van der Waals surface area (Å²) < 4.78 is 5.41. The van der Waals surface area contributed by atoms with E-state index in [1.807, 2.05) is 0 Å². The van der Waals surface area contributed by atoms with Crippen LogP contribution in [0.2, 0.25) is 0 Å². The lowest BCUT2D eigenvalue weighted by Crippen LogP contribution is -2.26. The van der Waals surface area contributed by atoms with Crippen molar-refractivity contribution in [3.8, 4) is 0 Å². The largest absolute Gasteiger partial charge is 0.458 e. The van der Waals surface area contributed by atoms with Crippen molar-refractivity contribution in [1.29, 1.82) is 0 Å². The minimum absolute atomic E-state index is 0.0496. The van der Waals surface area contributed by atoms with Gasteiger partial charge in [0.25, 0.3) is 0 Å². The van der Waals surface area contributed by atoms with Gasteiger partial charge in [-0.15, -0.1) is 0 Å². The van der Waals surface area contributed by atoms with Gasteiger partial charge in [-0.25, -0.2) is 4.79 Å². The van der Waals surface area contributed by atoms with Gasteiger partial charge in [-0.1, -0.05) is 13.5 Å². The highest BCUT2D eigenvalue weighted by Crippen LogP contribution is 2.70. The SMILES string of the molecule is C=C1C(=O)O[C@@H]2C[C@@]3(C)C(C[C@H]12)[C@@H]3CCC(C)=O. The highest BCUT2D eigenvalue weighted by atomic mass is 16.6. The lowest BCUT2D eigenvalue weighted by atomic mass is 9.79. The Hall–Kier alpha value is -1.12. The zero-order valence-electron chi connectivity index (χ0n) is 11.1. The topological polar surface area (TPSA) is 43.4 Å². The van der Waals surface area contributed by atoms with Gasteiger partial charge in [0.2, 0.25) is 0 Å². The van der Waals surface area contributed by atoms with Crippen molar-refractivity contribution in [3.05, 3.63) is 12.2 Å². The van der Waals surface area contributed by atoms with Gasteiger partial charge in [0.05, 0.1) is 0 Å². The van der Waals surface area contributed by atoms with Gasteiger partial charge in [-0.2, -0.15) is 0 Å². The van der Waals surface area contributed by atoms with Gasteiger partial charge >= 0.3 is 5.97 Å². The first kappa shape index (κ1) is 11.9. The standard InChI is InChI=1S/C15H20O3/c1-8(16)4-5-11-12-6-10-9(2)14(17)18-13(10)7-15(11,12)3/h10-13H,2,4-7H2,1,3H3/t10-,11+,12?,13-,15-/m1/s1. The van der Waals surface area contributed by atoms with Gasteiger partial charge in [0.1, 0.15) is 11.9 Å². The summed E-state index contributed by atoms with van der Waals surface area (Å²) in [5.74, 6) is 1.61. The predicted octanol–water partition coefficient (Wildman–Crippen LogP) is 2.50. The second-order valence-corrected chi connectivity index (χ2v) is 6.47. The maximum Gasteiger partial charge on any atom is 0.334 e. The molecular formula is C15H20O3. The van der Waals surface area contributed by atoms with E-state index in [4.69, 9.17) is 4.74 Å². The van der Waals surface area contributed by atoms with Gasteiger partial charge in [-0.05, 0) is 43.4 Å². The minimum atomic E-state index is -0.199. The predicted molar refractivity (Wildman–Crippen MR) is 66.7 cm³/mol. The molecule has 0 amide bonds. The average molecular weight is 248 g/mol. The van der Waals surface area contributed by atoms with E-state index < -0.39 is 0 Å². The monoisotopic (exact) mass is 248 g/mol. The Morgan fingerprint density at radius 1 is 1.56 bits per heavy atom. The van der Waals surface area contributed by atoms with Crippen LogP contribution in [0.25, 0.3) is 0 Å². The Bertz CT molecular complexity index is 439. The maximum atomic E-state index is 11.5. The first-order valence-electron chi connectivity index (χ1n) is 6.82. The summed E-state index contributed by atoms with van der Waals surface area (Å²) in [5.41, 5.74) is 0.959. The number of ketones is 1.